The smallest absolute Gasteiger partial charge is 0.293 e. The molecule has 1 aromatic heterocycles. The Balaban J connectivity index is 1.66. The summed E-state index contributed by atoms with van der Waals surface area (Å²) in [4.78, 5) is 19.0. The van der Waals surface area contributed by atoms with E-state index in [0.717, 1.165) is 38.4 Å². The fourth-order valence-corrected chi connectivity index (χ4v) is 3.05. The molecule has 0 aromatic carbocycles. The third-order valence-corrected chi connectivity index (χ3v) is 4.51. The summed E-state index contributed by atoms with van der Waals surface area (Å²) in [6.45, 7) is 3.01. The highest BCUT2D eigenvalue weighted by atomic mass is 16.1. The first-order valence-electron chi connectivity index (χ1n) is 7.76. The summed E-state index contributed by atoms with van der Waals surface area (Å²) >= 11 is 0. The molecule has 1 N–H and O–H groups in total. The van der Waals surface area contributed by atoms with Gasteiger partial charge < -0.3 is 14.8 Å². The van der Waals surface area contributed by atoms with Crippen molar-refractivity contribution < 1.29 is 0 Å². The Labute approximate surface area is 120 Å². The fraction of sp³-hybridized carbons (Fsp3) is 0.733. The molecule has 2 heterocycles. The Morgan fingerprint density at radius 3 is 2.70 bits per heavy atom. The van der Waals surface area contributed by atoms with E-state index in [1.807, 2.05) is 17.8 Å². The molecule has 3 rings (SSSR count). The van der Waals surface area contributed by atoms with Crippen LogP contribution in [0.25, 0.3) is 0 Å². The molecule has 2 fully saturated rings. The molecule has 0 spiro atoms. The lowest BCUT2D eigenvalue weighted by atomic mass is 9.93. The zero-order valence-corrected chi connectivity index (χ0v) is 12.2. The zero-order chi connectivity index (χ0) is 13.9. The first kappa shape index (κ1) is 13.6. The first-order chi connectivity index (χ1) is 9.79. The van der Waals surface area contributed by atoms with E-state index in [-0.39, 0.29) is 5.56 Å². The largest absolute Gasteiger partial charge is 0.352 e. The van der Waals surface area contributed by atoms with Crippen molar-refractivity contribution in [3.8, 4) is 0 Å². The molecule has 0 radical (unpaired) electrons. The van der Waals surface area contributed by atoms with Gasteiger partial charge in [-0.3, -0.25) is 4.79 Å². The number of hydrogen-bond donors (Lipinski definition) is 1. The van der Waals surface area contributed by atoms with E-state index in [1.54, 1.807) is 6.20 Å². The van der Waals surface area contributed by atoms with Gasteiger partial charge in [0.25, 0.3) is 5.56 Å². The van der Waals surface area contributed by atoms with Crippen LogP contribution in [0.2, 0.25) is 0 Å². The number of aromatic nitrogens is 2. The maximum absolute atomic E-state index is 12.5. The lowest BCUT2D eigenvalue weighted by molar-refractivity contribution is 0.376. The quantitative estimate of drug-likeness (QED) is 0.883. The predicted molar refractivity (Wildman–Crippen MR) is 80.2 cm³/mol. The maximum Gasteiger partial charge on any atom is 0.293 e. The topological polar surface area (TPSA) is 50.2 Å². The molecule has 20 heavy (non-hydrogen) atoms. The standard InChI is InChI=1S/C15H24N4O/c1-16-7-4-12-5-9-18(10-6-12)14-15(20)19(11-8-17-14)13-2-3-13/h8,11-13,16H,2-7,9-10H2,1H3. The van der Waals surface area contributed by atoms with Gasteiger partial charge in [-0.25, -0.2) is 4.98 Å². The van der Waals surface area contributed by atoms with Gasteiger partial charge in [0.05, 0.1) is 0 Å². The minimum absolute atomic E-state index is 0.101. The minimum Gasteiger partial charge on any atom is -0.352 e. The van der Waals surface area contributed by atoms with Crippen LogP contribution in [0, 0.1) is 5.92 Å². The monoisotopic (exact) mass is 276 g/mol. The molecular weight excluding hydrogens is 252 g/mol. The maximum atomic E-state index is 12.5. The second kappa shape index (κ2) is 5.95. The van der Waals surface area contributed by atoms with Gasteiger partial charge in [-0.1, -0.05) is 0 Å². The highest BCUT2D eigenvalue weighted by Gasteiger charge is 2.27. The Morgan fingerprint density at radius 1 is 1.30 bits per heavy atom. The molecule has 5 nitrogen and oxygen atoms in total. The second-order valence-electron chi connectivity index (χ2n) is 6.02. The zero-order valence-electron chi connectivity index (χ0n) is 12.2. The van der Waals surface area contributed by atoms with Crippen LogP contribution >= 0.6 is 0 Å². The molecule has 1 saturated carbocycles. The highest BCUT2D eigenvalue weighted by Crippen LogP contribution is 2.33. The van der Waals surface area contributed by atoms with Gasteiger partial charge >= 0.3 is 0 Å². The van der Waals surface area contributed by atoms with E-state index in [9.17, 15) is 4.79 Å². The van der Waals surface area contributed by atoms with Gasteiger partial charge in [0.1, 0.15) is 0 Å². The summed E-state index contributed by atoms with van der Waals surface area (Å²) in [5, 5.41) is 3.21. The van der Waals surface area contributed by atoms with Crippen LogP contribution < -0.4 is 15.8 Å². The lowest BCUT2D eigenvalue weighted by Crippen LogP contribution is -2.39. The van der Waals surface area contributed by atoms with Crippen LogP contribution in [0.4, 0.5) is 5.82 Å². The normalized spacial score (nSPS) is 20.4. The molecule has 1 aliphatic carbocycles. The lowest BCUT2D eigenvalue weighted by Gasteiger charge is -2.32. The van der Waals surface area contributed by atoms with Crippen molar-refractivity contribution in [2.75, 3.05) is 31.6 Å². The summed E-state index contributed by atoms with van der Waals surface area (Å²) in [5.74, 6) is 1.44. The van der Waals surface area contributed by atoms with Crippen molar-refractivity contribution in [2.45, 2.75) is 38.1 Å². The summed E-state index contributed by atoms with van der Waals surface area (Å²) in [6, 6.07) is 0.428. The Bertz CT molecular complexity index is 501. The number of nitrogens with one attached hydrogen (secondary N) is 1. The van der Waals surface area contributed by atoms with Gasteiger partial charge in [-0.15, -0.1) is 0 Å². The van der Waals surface area contributed by atoms with Crippen LogP contribution in [-0.4, -0.2) is 36.2 Å². The van der Waals surface area contributed by atoms with E-state index in [0.29, 0.717) is 11.9 Å². The third kappa shape index (κ3) is 2.87. The molecule has 0 bridgehead atoms. The average molecular weight is 276 g/mol. The Hall–Kier alpha value is -1.36. The van der Waals surface area contributed by atoms with Gasteiger partial charge in [-0.2, -0.15) is 0 Å². The van der Waals surface area contributed by atoms with Crippen molar-refractivity contribution in [1.82, 2.24) is 14.9 Å². The van der Waals surface area contributed by atoms with E-state index >= 15 is 0 Å². The van der Waals surface area contributed by atoms with Crippen molar-refractivity contribution in [2.24, 2.45) is 5.92 Å². The van der Waals surface area contributed by atoms with E-state index in [4.69, 9.17) is 0 Å². The molecule has 0 atom stereocenters. The van der Waals surface area contributed by atoms with Crippen molar-refractivity contribution >= 4 is 5.82 Å². The molecule has 1 aliphatic heterocycles. The van der Waals surface area contributed by atoms with Crippen LogP contribution in [0.15, 0.2) is 17.2 Å². The van der Waals surface area contributed by atoms with Crippen LogP contribution in [0.1, 0.15) is 38.1 Å². The highest BCUT2D eigenvalue weighted by molar-refractivity contribution is 5.36. The number of nitrogens with zero attached hydrogens (tertiary/aromatic N) is 3. The van der Waals surface area contributed by atoms with Crippen LogP contribution in [-0.2, 0) is 0 Å². The van der Waals surface area contributed by atoms with Crippen LogP contribution in [0.3, 0.4) is 0 Å². The van der Waals surface area contributed by atoms with E-state index in [1.165, 1.54) is 19.3 Å². The SMILES string of the molecule is CNCCC1CCN(c2nccn(C3CC3)c2=O)CC1. The van der Waals surface area contributed by atoms with Gasteiger partial charge in [0.2, 0.25) is 0 Å². The molecule has 110 valence electrons. The molecule has 2 aliphatic rings. The Morgan fingerprint density at radius 2 is 2.05 bits per heavy atom. The minimum atomic E-state index is 0.101. The third-order valence-electron chi connectivity index (χ3n) is 4.51. The number of anilines is 1. The number of hydrogen-bond acceptors (Lipinski definition) is 4. The second-order valence-corrected chi connectivity index (χ2v) is 6.02. The van der Waals surface area contributed by atoms with Crippen LogP contribution in [0.5, 0.6) is 0 Å². The summed E-state index contributed by atoms with van der Waals surface area (Å²) < 4.78 is 1.87. The van der Waals surface area contributed by atoms with Gasteiger partial charge in [-0.05, 0) is 51.6 Å². The number of rotatable bonds is 5. The molecular formula is C15H24N4O. The first-order valence-corrected chi connectivity index (χ1v) is 7.76. The molecule has 1 saturated heterocycles. The van der Waals surface area contributed by atoms with Crippen molar-refractivity contribution in [3.05, 3.63) is 22.7 Å². The predicted octanol–water partition coefficient (Wildman–Crippen LogP) is 1.40. The molecule has 0 amide bonds. The summed E-state index contributed by atoms with van der Waals surface area (Å²) in [7, 11) is 2.00. The van der Waals surface area contributed by atoms with Crippen molar-refractivity contribution in [1.29, 1.82) is 0 Å². The van der Waals surface area contributed by atoms with E-state index < -0.39 is 0 Å². The summed E-state index contributed by atoms with van der Waals surface area (Å²) in [6.07, 6.45) is 9.46. The number of piperidine rings is 1. The molecule has 0 unspecified atom stereocenters. The van der Waals surface area contributed by atoms with E-state index in [2.05, 4.69) is 15.2 Å². The van der Waals surface area contributed by atoms with Gasteiger partial charge in [0, 0.05) is 31.5 Å². The Kier molecular flexibility index (Phi) is 4.05. The fourth-order valence-electron chi connectivity index (χ4n) is 3.05. The van der Waals surface area contributed by atoms with Crippen molar-refractivity contribution in [3.63, 3.8) is 0 Å². The summed E-state index contributed by atoms with van der Waals surface area (Å²) in [5.41, 5.74) is 0.101. The molecule has 5 heteroatoms. The molecule has 1 aromatic rings. The van der Waals surface area contributed by atoms with Gasteiger partial charge in [0.15, 0.2) is 5.82 Å². The average Bonchev–Trinajstić information content (AvgIpc) is 3.31.